The zero-order valence-corrected chi connectivity index (χ0v) is 18.7. The summed E-state index contributed by atoms with van der Waals surface area (Å²) < 4.78 is 11.2. The van der Waals surface area contributed by atoms with Crippen molar-refractivity contribution in [2.24, 2.45) is 5.92 Å². The first-order valence-electron chi connectivity index (χ1n) is 10.9. The molecule has 0 aliphatic carbocycles. The van der Waals surface area contributed by atoms with Crippen molar-refractivity contribution in [3.63, 3.8) is 0 Å². The Morgan fingerprint density at radius 1 is 1.12 bits per heavy atom. The van der Waals surface area contributed by atoms with Crippen LogP contribution in [-0.2, 0) is 20.7 Å². The Morgan fingerprint density at radius 3 is 2.59 bits per heavy atom. The third kappa shape index (κ3) is 5.66. The Bertz CT molecular complexity index is 1070. The van der Waals surface area contributed by atoms with Crippen LogP contribution in [0.2, 0.25) is 0 Å². The number of aromatic amines is 1. The Kier molecular flexibility index (Phi) is 6.17. The number of fused-ring (bicyclic) bond motifs is 1. The summed E-state index contributed by atoms with van der Waals surface area (Å²) in [5.74, 6) is 0.822. The minimum atomic E-state index is -0.550. The number of nitrogens with one attached hydrogen (secondary N) is 2. The molecule has 1 aliphatic rings. The van der Waals surface area contributed by atoms with Gasteiger partial charge in [0, 0.05) is 6.42 Å². The number of benzene rings is 2. The van der Waals surface area contributed by atoms with Crippen LogP contribution >= 0.6 is 0 Å². The topological polar surface area (TPSA) is 93.3 Å². The molecule has 4 rings (SSSR count). The average molecular weight is 436 g/mol. The van der Waals surface area contributed by atoms with Crippen LogP contribution in [-0.4, -0.2) is 40.1 Å². The van der Waals surface area contributed by atoms with E-state index in [1.165, 1.54) is 0 Å². The van der Waals surface area contributed by atoms with Gasteiger partial charge in [0.25, 0.3) is 0 Å². The number of rotatable bonds is 7. The highest BCUT2D eigenvalue weighted by atomic mass is 16.6. The average Bonchev–Trinajstić information content (AvgIpc) is 3.28. The molecule has 0 bridgehead atoms. The maximum atomic E-state index is 12.2. The van der Waals surface area contributed by atoms with Gasteiger partial charge in [-0.3, -0.25) is 9.59 Å². The zero-order chi connectivity index (χ0) is 22.7. The van der Waals surface area contributed by atoms with Gasteiger partial charge in [0.1, 0.15) is 23.8 Å². The summed E-state index contributed by atoms with van der Waals surface area (Å²) in [5, 5.41) is 2.92. The van der Waals surface area contributed by atoms with Crippen LogP contribution in [0.15, 0.2) is 48.5 Å². The minimum Gasteiger partial charge on any atom is -0.491 e. The molecular formula is C25H29N3O4. The fraction of sp³-hybridized carbons (Fsp3) is 0.400. The first kappa shape index (κ1) is 21.9. The number of ether oxygens (including phenoxy) is 2. The molecular weight excluding hydrogens is 406 g/mol. The quantitative estimate of drug-likeness (QED) is 0.551. The standard InChI is InChI=1S/C25H29N3O4/c1-25(2,3)32-23(29)14-17-13-18(26-24(17)30)15-31-19-10-8-16(9-11-19)12-22-27-20-6-4-5-7-21(20)28-22/h4-11,17-18H,12-15H2,1-3H3,(H,26,30)(H,27,28)/t17-,18-/m0/s1. The predicted molar refractivity (Wildman–Crippen MR) is 121 cm³/mol. The molecule has 32 heavy (non-hydrogen) atoms. The van der Waals surface area contributed by atoms with Crippen molar-refractivity contribution in [2.75, 3.05) is 6.61 Å². The van der Waals surface area contributed by atoms with Gasteiger partial charge in [-0.1, -0.05) is 24.3 Å². The highest BCUT2D eigenvalue weighted by Crippen LogP contribution is 2.23. The van der Waals surface area contributed by atoms with Gasteiger partial charge >= 0.3 is 5.97 Å². The molecule has 1 amide bonds. The van der Waals surface area contributed by atoms with Crippen LogP contribution in [0.5, 0.6) is 5.75 Å². The van der Waals surface area contributed by atoms with Crippen molar-refractivity contribution in [1.29, 1.82) is 0 Å². The number of H-pyrrole nitrogens is 1. The number of carbonyl (C=O) groups is 2. The SMILES string of the molecule is CC(C)(C)OC(=O)C[C@@H]1C[C@@H](COc2ccc(Cc3nc4ccccc4[nH]3)cc2)NC1=O. The lowest BCUT2D eigenvalue weighted by molar-refractivity contribution is -0.156. The molecule has 0 spiro atoms. The van der Waals surface area contributed by atoms with E-state index in [0.29, 0.717) is 19.4 Å². The highest BCUT2D eigenvalue weighted by Gasteiger charge is 2.35. The molecule has 2 aromatic carbocycles. The summed E-state index contributed by atoms with van der Waals surface area (Å²) in [6, 6.07) is 15.7. The molecule has 168 valence electrons. The zero-order valence-electron chi connectivity index (χ0n) is 18.7. The van der Waals surface area contributed by atoms with E-state index in [9.17, 15) is 9.59 Å². The minimum absolute atomic E-state index is 0.0933. The van der Waals surface area contributed by atoms with Gasteiger partial charge in [-0.05, 0) is 57.0 Å². The molecule has 1 aromatic heterocycles. The molecule has 2 atom stereocenters. The van der Waals surface area contributed by atoms with E-state index in [4.69, 9.17) is 9.47 Å². The Morgan fingerprint density at radius 2 is 1.88 bits per heavy atom. The predicted octanol–water partition coefficient (Wildman–Crippen LogP) is 3.77. The van der Waals surface area contributed by atoms with Crippen LogP contribution in [0.3, 0.4) is 0 Å². The van der Waals surface area contributed by atoms with Crippen LogP contribution < -0.4 is 10.1 Å². The number of nitrogens with zero attached hydrogens (tertiary/aromatic N) is 1. The number of imidazole rings is 1. The molecule has 0 radical (unpaired) electrons. The first-order valence-corrected chi connectivity index (χ1v) is 10.9. The van der Waals surface area contributed by atoms with Crippen molar-refractivity contribution >= 4 is 22.9 Å². The maximum Gasteiger partial charge on any atom is 0.307 e. The number of para-hydroxylation sites is 2. The fourth-order valence-electron chi connectivity index (χ4n) is 3.88. The number of aromatic nitrogens is 2. The molecule has 7 heteroatoms. The third-order valence-corrected chi connectivity index (χ3v) is 5.30. The summed E-state index contributed by atoms with van der Waals surface area (Å²) in [6.45, 7) is 5.81. The Labute approximate surface area is 187 Å². The van der Waals surface area contributed by atoms with Gasteiger partial charge in [-0.2, -0.15) is 0 Å². The lowest BCUT2D eigenvalue weighted by Gasteiger charge is -2.20. The second-order valence-electron chi connectivity index (χ2n) is 9.26. The van der Waals surface area contributed by atoms with E-state index in [0.717, 1.165) is 28.2 Å². The molecule has 2 heterocycles. The van der Waals surface area contributed by atoms with Crippen molar-refractivity contribution in [3.8, 4) is 5.75 Å². The van der Waals surface area contributed by atoms with Crippen LogP contribution in [0.1, 0.15) is 45.0 Å². The number of carbonyl (C=O) groups excluding carboxylic acids is 2. The van der Waals surface area contributed by atoms with Crippen molar-refractivity contribution < 1.29 is 19.1 Å². The molecule has 1 aliphatic heterocycles. The summed E-state index contributed by atoms with van der Waals surface area (Å²) in [6.07, 6.45) is 1.36. The largest absolute Gasteiger partial charge is 0.491 e. The molecule has 1 fully saturated rings. The van der Waals surface area contributed by atoms with E-state index in [2.05, 4.69) is 15.3 Å². The Hall–Kier alpha value is -3.35. The maximum absolute atomic E-state index is 12.2. The van der Waals surface area contributed by atoms with Crippen LogP contribution in [0.4, 0.5) is 0 Å². The van der Waals surface area contributed by atoms with Crippen LogP contribution in [0, 0.1) is 5.92 Å². The summed E-state index contributed by atoms with van der Waals surface area (Å²) >= 11 is 0. The summed E-state index contributed by atoms with van der Waals surface area (Å²) in [4.78, 5) is 32.2. The highest BCUT2D eigenvalue weighted by molar-refractivity contribution is 5.85. The van der Waals surface area contributed by atoms with Gasteiger partial charge in [0.05, 0.1) is 29.4 Å². The van der Waals surface area contributed by atoms with E-state index >= 15 is 0 Å². The van der Waals surface area contributed by atoms with Gasteiger partial charge in [0.2, 0.25) is 5.91 Å². The second-order valence-corrected chi connectivity index (χ2v) is 9.26. The second kappa shape index (κ2) is 9.02. The van der Waals surface area contributed by atoms with Crippen molar-refractivity contribution in [2.45, 2.75) is 51.7 Å². The van der Waals surface area contributed by atoms with Crippen molar-refractivity contribution in [3.05, 3.63) is 59.9 Å². The molecule has 7 nitrogen and oxygen atoms in total. The molecule has 0 saturated carbocycles. The molecule has 1 saturated heterocycles. The number of esters is 1. The number of hydrogen-bond donors (Lipinski definition) is 2. The first-order chi connectivity index (χ1) is 15.2. The van der Waals surface area contributed by atoms with Crippen LogP contribution in [0.25, 0.3) is 11.0 Å². The smallest absolute Gasteiger partial charge is 0.307 e. The lowest BCUT2D eigenvalue weighted by Crippen LogP contribution is -2.31. The third-order valence-electron chi connectivity index (χ3n) is 5.30. The molecule has 2 N–H and O–H groups in total. The molecule has 0 unspecified atom stereocenters. The number of amides is 1. The van der Waals surface area contributed by atoms with Gasteiger partial charge < -0.3 is 19.8 Å². The molecule has 3 aromatic rings. The van der Waals surface area contributed by atoms with Gasteiger partial charge in [-0.15, -0.1) is 0 Å². The van der Waals surface area contributed by atoms with Gasteiger partial charge in [0.15, 0.2) is 0 Å². The normalized spacial score (nSPS) is 18.5. The van der Waals surface area contributed by atoms with E-state index in [-0.39, 0.29) is 30.3 Å². The fourth-order valence-corrected chi connectivity index (χ4v) is 3.88. The van der Waals surface area contributed by atoms with Crippen molar-refractivity contribution in [1.82, 2.24) is 15.3 Å². The summed E-state index contributed by atoms with van der Waals surface area (Å²) in [5.41, 5.74) is 2.57. The van der Waals surface area contributed by atoms with E-state index in [1.807, 2.05) is 69.3 Å². The number of hydrogen-bond acceptors (Lipinski definition) is 5. The monoisotopic (exact) mass is 435 g/mol. The Balaban J connectivity index is 1.26. The van der Waals surface area contributed by atoms with Gasteiger partial charge in [-0.25, -0.2) is 4.98 Å². The summed E-state index contributed by atoms with van der Waals surface area (Å²) in [7, 11) is 0. The van der Waals surface area contributed by atoms with E-state index in [1.54, 1.807) is 0 Å². The lowest BCUT2D eigenvalue weighted by atomic mass is 10.0. The van der Waals surface area contributed by atoms with E-state index < -0.39 is 5.60 Å².